The van der Waals surface area contributed by atoms with Gasteiger partial charge in [-0.05, 0) is 47.6 Å². The number of aliphatic imine (C=N–C) groups is 1. The van der Waals surface area contributed by atoms with Gasteiger partial charge in [0.2, 0.25) is 0 Å². The molecule has 192 valence electrons. The Labute approximate surface area is 218 Å². The molecule has 1 aromatic heterocycles. The fourth-order valence-electron chi connectivity index (χ4n) is 5.16. The number of hydrogen-bond acceptors (Lipinski definition) is 7. The molecule has 0 spiro atoms. The van der Waals surface area contributed by atoms with E-state index in [2.05, 4.69) is 15.6 Å². The predicted octanol–water partition coefficient (Wildman–Crippen LogP) is 2.97. The summed E-state index contributed by atoms with van der Waals surface area (Å²) in [6.45, 7) is 0.102. The third kappa shape index (κ3) is 3.60. The molecule has 1 aliphatic carbocycles. The van der Waals surface area contributed by atoms with Gasteiger partial charge in [0.15, 0.2) is 5.76 Å². The van der Waals surface area contributed by atoms with Crippen LogP contribution in [0, 0.1) is 0 Å². The monoisotopic (exact) mass is 512 g/mol. The number of rotatable bonds is 5. The molecule has 0 radical (unpaired) electrons. The van der Waals surface area contributed by atoms with Gasteiger partial charge in [-0.2, -0.15) is 0 Å². The van der Waals surface area contributed by atoms with Crippen molar-refractivity contribution < 1.29 is 28.3 Å². The number of ether oxygens (including phenoxy) is 2. The fraction of sp³-hybridized carbons (Fsp3) is 0.214. The average molecular weight is 513 g/mol. The minimum Gasteiger partial charge on any atom is -0.497 e. The number of carbonyl (C=O) groups is 3. The van der Waals surface area contributed by atoms with E-state index < -0.39 is 23.5 Å². The van der Waals surface area contributed by atoms with Crippen molar-refractivity contribution in [3.8, 4) is 5.75 Å². The maximum atomic E-state index is 13.6. The molecule has 4 aliphatic rings. The first-order chi connectivity index (χ1) is 18.4. The number of allylic oxidation sites excluding steroid dienone is 3. The molecule has 2 unspecified atom stereocenters. The van der Waals surface area contributed by atoms with Crippen molar-refractivity contribution >= 4 is 30.1 Å². The van der Waals surface area contributed by atoms with Crippen molar-refractivity contribution in [1.29, 1.82) is 0 Å². The Morgan fingerprint density at radius 1 is 1.18 bits per heavy atom. The van der Waals surface area contributed by atoms with Crippen molar-refractivity contribution in [2.45, 2.75) is 24.7 Å². The van der Waals surface area contributed by atoms with E-state index in [1.165, 1.54) is 12.0 Å². The van der Waals surface area contributed by atoms with E-state index in [-0.39, 0.29) is 18.4 Å². The second-order valence-electron chi connectivity index (χ2n) is 9.15. The van der Waals surface area contributed by atoms with Gasteiger partial charge in [0.25, 0.3) is 17.5 Å². The van der Waals surface area contributed by atoms with Crippen molar-refractivity contribution in [3.05, 3.63) is 94.1 Å². The topological polar surface area (TPSA) is 122 Å². The Morgan fingerprint density at radius 3 is 2.82 bits per heavy atom. The molecular formula is C28H24N4O6. The first-order valence-electron chi connectivity index (χ1n) is 12.0. The van der Waals surface area contributed by atoms with Gasteiger partial charge in [0.1, 0.15) is 17.6 Å². The van der Waals surface area contributed by atoms with Gasteiger partial charge < -0.3 is 19.2 Å². The third-order valence-corrected chi connectivity index (χ3v) is 7.05. The van der Waals surface area contributed by atoms with Gasteiger partial charge in [-0.1, -0.05) is 18.2 Å². The Balaban J connectivity index is 1.43. The lowest BCUT2D eigenvalue weighted by atomic mass is 9.98. The van der Waals surface area contributed by atoms with Gasteiger partial charge in [-0.3, -0.25) is 24.8 Å². The molecular weight excluding hydrogens is 488 g/mol. The van der Waals surface area contributed by atoms with Crippen LogP contribution in [0.1, 0.15) is 33.0 Å². The lowest BCUT2D eigenvalue weighted by Crippen LogP contribution is -2.57. The summed E-state index contributed by atoms with van der Waals surface area (Å²) >= 11 is 0. The van der Waals surface area contributed by atoms with E-state index in [1.807, 2.05) is 30.4 Å². The normalized spacial score (nSPS) is 23.8. The SMILES string of the molecule is COc1ccc2c(c1)C(=O)N(C1(c3cc4c(o3)CC=CC(C3=CN=CC=CC3OC)=C4)NC(=O)NC1=O)C2. The molecule has 10 heteroatoms. The zero-order valence-corrected chi connectivity index (χ0v) is 20.7. The van der Waals surface area contributed by atoms with Crippen LogP contribution in [0.15, 0.2) is 75.3 Å². The van der Waals surface area contributed by atoms with Crippen molar-refractivity contribution in [2.75, 3.05) is 14.2 Å². The van der Waals surface area contributed by atoms with Crippen LogP contribution < -0.4 is 15.4 Å². The summed E-state index contributed by atoms with van der Waals surface area (Å²) in [6.07, 6.45) is 13.1. The Hall–Kier alpha value is -4.70. The Kier molecular flexibility index (Phi) is 5.61. The highest BCUT2D eigenvalue weighted by Gasteiger charge is 2.58. The van der Waals surface area contributed by atoms with E-state index in [1.54, 1.807) is 43.8 Å². The molecule has 2 aromatic rings. The smallest absolute Gasteiger partial charge is 0.324 e. The molecule has 6 rings (SSSR count). The van der Waals surface area contributed by atoms with E-state index >= 15 is 0 Å². The largest absolute Gasteiger partial charge is 0.497 e. The number of imide groups is 1. The van der Waals surface area contributed by atoms with Crippen LogP contribution >= 0.6 is 0 Å². The first-order valence-corrected chi connectivity index (χ1v) is 12.0. The number of urea groups is 1. The van der Waals surface area contributed by atoms with Gasteiger partial charge in [-0.15, -0.1) is 0 Å². The zero-order valence-electron chi connectivity index (χ0n) is 20.7. The molecule has 4 heterocycles. The maximum Gasteiger partial charge on any atom is 0.324 e. The molecule has 1 aromatic carbocycles. The molecule has 2 atom stereocenters. The number of carbonyl (C=O) groups excluding carboxylic acids is 3. The van der Waals surface area contributed by atoms with Crippen molar-refractivity contribution in [3.63, 3.8) is 0 Å². The highest BCUT2D eigenvalue weighted by molar-refractivity contribution is 6.10. The number of fused-ring (bicyclic) bond motifs is 2. The van der Waals surface area contributed by atoms with Gasteiger partial charge >= 0.3 is 6.03 Å². The summed E-state index contributed by atoms with van der Waals surface area (Å²) in [4.78, 5) is 45.0. The maximum absolute atomic E-state index is 13.6. The summed E-state index contributed by atoms with van der Waals surface area (Å²) in [7, 11) is 3.14. The summed E-state index contributed by atoms with van der Waals surface area (Å²) < 4.78 is 17.1. The van der Waals surface area contributed by atoms with Crippen LogP contribution in [0.25, 0.3) is 6.08 Å². The van der Waals surface area contributed by atoms with Gasteiger partial charge in [-0.25, -0.2) is 4.79 Å². The number of nitrogens with one attached hydrogen (secondary N) is 2. The summed E-state index contributed by atoms with van der Waals surface area (Å²) in [6, 6.07) is 6.13. The number of benzene rings is 1. The minimum absolute atomic E-state index is 0.102. The van der Waals surface area contributed by atoms with Crippen LogP contribution in [0.2, 0.25) is 0 Å². The first kappa shape index (κ1) is 23.7. The van der Waals surface area contributed by atoms with Crippen molar-refractivity contribution in [2.24, 2.45) is 4.99 Å². The second kappa shape index (κ2) is 9.00. The molecule has 1 fully saturated rings. The lowest BCUT2D eigenvalue weighted by Gasteiger charge is -2.33. The predicted molar refractivity (Wildman–Crippen MR) is 137 cm³/mol. The molecule has 1 saturated heterocycles. The highest BCUT2D eigenvalue weighted by Crippen LogP contribution is 2.40. The number of furan rings is 1. The lowest BCUT2D eigenvalue weighted by molar-refractivity contribution is -0.131. The number of amides is 4. The fourth-order valence-corrected chi connectivity index (χ4v) is 5.16. The van der Waals surface area contributed by atoms with Crippen LogP contribution in [0.5, 0.6) is 5.75 Å². The van der Waals surface area contributed by atoms with Crippen LogP contribution in [0.4, 0.5) is 4.79 Å². The second-order valence-corrected chi connectivity index (χ2v) is 9.15. The molecule has 4 amide bonds. The number of hydrogen-bond donors (Lipinski definition) is 2. The Bertz CT molecular complexity index is 1530. The molecule has 0 saturated carbocycles. The van der Waals surface area contributed by atoms with Gasteiger partial charge in [0, 0.05) is 42.6 Å². The quantitative estimate of drug-likeness (QED) is 0.594. The molecule has 0 bridgehead atoms. The van der Waals surface area contributed by atoms with Crippen LogP contribution in [-0.2, 0) is 28.2 Å². The molecule has 3 aliphatic heterocycles. The average Bonchev–Trinajstić information content (AvgIpc) is 3.42. The highest BCUT2D eigenvalue weighted by atomic mass is 16.5. The van der Waals surface area contributed by atoms with E-state index in [0.717, 1.165) is 11.1 Å². The summed E-state index contributed by atoms with van der Waals surface area (Å²) in [5.74, 6) is 0.136. The number of nitrogens with zero attached hydrogens (tertiary/aromatic N) is 2. The summed E-state index contributed by atoms with van der Waals surface area (Å²) in [5, 5.41) is 4.96. The van der Waals surface area contributed by atoms with E-state index in [9.17, 15) is 14.4 Å². The summed E-state index contributed by atoms with van der Waals surface area (Å²) in [5.41, 5.74) is 1.68. The van der Waals surface area contributed by atoms with Crippen LogP contribution in [-0.4, -0.2) is 49.3 Å². The zero-order chi connectivity index (χ0) is 26.4. The van der Waals surface area contributed by atoms with Crippen molar-refractivity contribution in [1.82, 2.24) is 15.5 Å². The van der Waals surface area contributed by atoms with E-state index in [4.69, 9.17) is 13.9 Å². The Morgan fingerprint density at radius 2 is 2.05 bits per heavy atom. The number of methoxy groups -OCH3 is 2. The minimum atomic E-state index is -1.85. The third-order valence-electron chi connectivity index (χ3n) is 7.05. The standard InChI is InChI=1S/C28H24N4O6/c1-36-19-9-8-17-15-32(25(33)20(17)13-19)28(26(34)30-27(35)31-28)24-12-18-11-16(5-3-6-22(18)38-24)21-14-29-10-4-7-23(21)37-2/h3-5,7-14,23H,6,15H2,1-2H3,(H2,30,31,34,35). The molecule has 10 nitrogen and oxygen atoms in total. The van der Waals surface area contributed by atoms with Gasteiger partial charge in [0.05, 0.1) is 13.7 Å². The molecule has 2 N–H and O–H groups in total. The van der Waals surface area contributed by atoms with Crippen LogP contribution in [0.3, 0.4) is 0 Å². The molecule has 38 heavy (non-hydrogen) atoms. The van der Waals surface area contributed by atoms with E-state index in [0.29, 0.717) is 34.6 Å².